The van der Waals surface area contributed by atoms with Crippen molar-refractivity contribution in [1.29, 1.82) is 5.26 Å². The number of nitrogens with one attached hydrogen (secondary N) is 2. The topological polar surface area (TPSA) is 60.7 Å². The van der Waals surface area contributed by atoms with Gasteiger partial charge in [0.25, 0.3) is 0 Å². The number of hydrogen-bond acceptors (Lipinski definition) is 4. The zero-order valence-electron chi connectivity index (χ0n) is 7.54. The quantitative estimate of drug-likeness (QED) is 0.659. The highest BCUT2D eigenvalue weighted by atomic mass is 14.9. The zero-order chi connectivity index (χ0) is 9.52. The van der Waals surface area contributed by atoms with Crippen molar-refractivity contribution < 1.29 is 0 Å². The van der Waals surface area contributed by atoms with Crippen molar-refractivity contribution in [3.63, 3.8) is 0 Å². The minimum absolute atomic E-state index is 0.439. The van der Waals surface area contributed by atoms with E-state index in [1.165, 1.54) is 0 Å². The molecular weight excluding hydrogens is 164 g/mol. The summed E-state index contributed by atoms with van der Waals surface area (Å²) in [5.41, 5.74) is 1.37. The Labute approximate surface area is 77.6 Å². The van der Waals surface area contributed by atoms with Gasteiger partial charge >= 0.3 is 0 Å². The van der Waals surface area contributed by atoms with Crippen LogP contribution in [-0.2, 0) is 0 Å². The Hall–Kier alpha value is -1.60. The maximum absolute atomic E-state index is 8.58. The highest BCUT2D eigenvalue weighted by molar-refractivity contribution is 5.45. The zero-order valence-corrected chi connectivity index (χ0v) is 7.54. The van der Waals surface area contributed by atoms with Crippen molar-refractivity contribution in [1.82, 2.24) is 10.3 Å². The summed E-state index contributed by atoms with van der Waals surface area (Å²) in [6, 6.07) is 5.57. The number of hydrogen-bond donors (Lipinski definition) is 2. The molecule has 13 heavy (non-hydrogen) atoms. The largest absolute Gasteiger partial charge is 0.384 e. The molecule has 0 bridgehead atoms. The first-order valence-corrected chi connectivity index (χ1v) is 4.11. The van der Waals surface area contributed by atoms with E-state index in [4.69, 9.17) is 5.26 Å². The van der Waals surface area contributed by atoms with Crippen LogP contribution in [0.1, 0.15) is 5.69 Å². The summed E-state index contributed by atoms with van der Waals surface area (Å²) in [5.74, 6) is 0. The van der Waals surface area contributed by atoms with Gasteiger partial charge < -0.3 is 10.6 Å². The second-order valence-electron chi connectivity index (χ2n) is 2.57. The molecule has 2 N–H and O–H groups in total. The molecule has 1 aromatic rings. The number of nitriles is 1. The normalized spacial score (nSPS) is 9.23. The molecule has 0 saturated carbocycles. The molecule has 1 heterocycles. The summed E-state index contributed by atoms with van der Waals surface area (Å²) in [5, 5.41) is 14.8. The molecule has 0 unspecified atom stereocenters. The van der Waals surface area contributed by atoms with Crippen LogP contribution in [0.5, 0.6) is 0 Å². The smallest absolute Gasteiger partial charge is 0.142 e. The van der Waals surface area contributed by atoms with E-state index in [0.29, 0.717) is 5.69 Å². The van der Waals surface area contributed by atoms with Crippen LogP contribution in [0.25, 0.3) is 0 Å². The average Bonchev–Trinajstić information content (AvgIpc) is 2.19. The molecule has 0 atom stereocenters. The number of anilines is 1. The van der Waals surface area contributed by atoms with E-state index in [0.717, 1.165) is 18.8 Å². The fraction of sp³-hybridized carbons (Fsp3) is 0.333. The Bertz CT molecular complexity index is 303. The lowest BCUT2D eigenvalue weighted by atomic mass is 10.3. The van der Waals surface area contributed by atoms with Gasteiger partial charge in [-0.25, -0.2) is 4.98 Å². The fourth-order valence-corrected chi connectivity index (χ4v) is 0.933. The first kappa shape index (κ1) is 9.49. The van der Waals surface area contributed by atoms with Crippen molar-refractivity contribution in [2.24, 2.45) is 0 Å². The molecule has 0 saturated heterocycles. The van der Waals surface area contributed by atoms with Crippen LogP contribution >= 0.6 is 0 Å². The minimum atomic E-state index is 0.439. The SMILES string of the molecule is CNCCNc1ccnc(C#N)c1. The van der Waals surface area contributed by atoms with Gasteiger partial charge in [0.2, 0.25) is 0 Å². The lowest BCUT2D eigenvalue weighted by molar-refractivity contribution is 0.823. The summed E-state index contributed by atoms with van der Waals surface area (Å²) in [7, 11) is 1.90. The molecule has 0 radical (unpaired) electrons. The number of rotatable bonds is 4. The summed E-state index contributed by atoms with van der Waals surface area (Å²) in [6.07, 6.45) is 1.63. The molecule has 1 aromatic heterocycles. The summed E-state index contributed by atoms with van der Waals surface area (Å²) in [4.78, 5) is 3.87. The third-order valence-electron chi connectivity index (χ3n) is 1.58. The highest BCUT2D eigenvalue weighted by Gasteiger charge is 1.93. The van der Waals surface area contributed by atoms with E-state index in [1.54, 1.807) is 12.3 Å². The van der Waals surface area contributed by atoms with Crippen molar-refractivity contribution >= 4 is 5.69 Å². The van der Waals surface area contributed by atoms with Gasteiger partial charge in [0.1, 0.15) is 11.8 Å². The van der Waals surface area contributed by atoms with Gasteiger partial charge in [0.05, 0.1) is 0 Å². The predicted molar refractivity (Wildman–Crippen MR) is 51.4 cm³/mol. The maximum Gasteiger partial charge on any atom is 0.142 e. The van der Waals surface area contributed by atoms with Crippen molar-refractivity contribution in [3.8, 4) is 6.07 Å². The molecule has 0 aliphatic heterocycles. The van der Waals surface area contributed by atoms with Crippen LogP contribution in [0.15, 0.2) is 18.3 Å². The van der Waals surface area contributed by atoms with Crippen LogP contribution in [0.4, 0.5) is 5.69 Å². The fourth-order valence-electron chi connectivity index (χ4n) is 0.933. The Kier molecular flexibility index (Phi) is 3.74. The lowest BCUT2D eigenvalue weighted by Crippen LogP contribution is -2.17. The maximum atomic E-state index is 8.58. The minimum Gasteiger partial charge on any atom is -0.384 e. The van der Waals surface area contributed by atoms with Crippen molar-refractivity contribution in [3.05, 3.63) is 24.0 Å². The van der Waals surface area contributed by atoms with E-state index in [9.17, 15) is 0 Å². The van der Waals surface area contributed by atoms with E-state index in [-0.39, 0.29) is 0 Å². The van der Waals surface area contributed by atoms with Gasteiger partial charge in [-0.3, -0.25) is 0 Å². The monoisotopic (exact) mass is 176 g/mol. The first-order chi connectivity index (χ1) is 6.36. The Balaban J connectivity index is 2.52. The van der Waals surface area contributed by atoms with Crippen molar-refractivity contribution in [2.45, 2.75) is 0 Å². The lowest BCUT2D eigenvalue weighted by Gasteiger charge is -2.04. The molecule has 0 aliphatic carbocycles. The summed E-state index contributed by atoms with van der Waals surface area (Å²) in [6.45, 7) is 1.73. The van der Waals surface area contributed by atoms with Gasteiger partial charge in [-0.2, -0.15) is 5.26 Å². The second-order valence-corrected chi connectivity index (χ2v) is 2.57. The van der Waals surface area contributed by atoms with Crippen LogP contribution in [0.2, 0.25) is 0 Å². The molecule has 0 fully saturated rings. The number of nitrogens with zero attached hydrogens (tertiary/aromatic N) is 2. The Morgan fingerprint density at radius 1 is 1.54 bits per heavy atom. The standard InChI is InChI=1S/C9H12N4/c1-11-4-5-13-8-2-3-12-9(6-8)7-10/h2-3,6,11H,4-5H2,1H3,(H,12,13). The molecule has 4 nitrogen and oxygen atoms in total. The van der Waals surface area contributed by atoms with E-state index >= 15 is 0 Å². The molecule has 0 spiro atoms. The second kappa shape index (κ2) is 5.12. The van der Waals surface area contributed by atoms with Gasteiger partial charge in [0, 0.05) is 25.0 Å². The average molecular weight is 176 g/mol. The molecule has 0 aromatic carbocycles. The predicted octanol–water partition coefficient (Wildman–Crippen LogP) is 0.585. The van der Waals surface area contributed by atoms with Gasteiger partial charge in [0.15, 0.2) is 0 Å². The van der Waals surface area contributed by atoms with Crippen molar-refractivity contribution in [2.75, 3.05) is 25.5 Å². The van der Waals surface area contributed by atoms with E-state index in [1.807, 2.05) is 19.2 Å². The number of pyridine rings is 1. The van der Waals surface area contributed by atoms with Crippen LogP contribution < -0.4 is 10.6 Å². The van der Waals surface area contributed by atoms with Gasteiger partial charge in [-0.1, -0.05) is 0 Å². The van der Waals surface area contributed by atoms with Crippen LogP contribution in [0, 0.1) is 11.3 Å². The summed E-state index contributed by atoms with van der Waals surface area (Å²) >= 11 is 0. The molecule has 1 rings (SSSR count). The molecule has 68 valence electrons. The Morgan fingerprint density at radius 2 is 2.38 bits per heavy atom. The molecule has 0 aliphatic rings. The molecular formula is C9H12N4. The Morgan fingerprint density at radius 3 is 3.08 bits per heavy atom. The first-order valence-electron chi connectivity index (χ1n) is 4.11. The summed E-state index contributed by atoms with van der Waals surface area (Å²) < 4.78 is 0. The van der Waals surface area contributed by atoms with Crippen LogP contribution in [-0.4, -0.2) is 25.1 Å². The number of likely N-dealkylation sites (N-methyl/N-ethyl adjacent to an activating group) is 1. The highest BCUT2D eigenvalue weighted by Crippen LogP contribution is 2.05. The van der Waals surface area contributed by atoms with Gasteiger partial charge in [-0.05, 0) is 19.2 Å². The third kappa shape index (κ3) is 3.09. The van der Waals surface area contributed by atoms with E-state index in [2.05, 4.69) is 15.6 Å². The van der Waals surface area contributed by atoms with Crippen LogP contribution in [0.3, 0.4) is 0 Å². The third-order valence-corrected chi connectivity index (χ3v) is 1.58. The number of aromatic nitrogens is 1. The molecule has 0 amide bonds. The van der Waals surface area contributed by atoms with E-state index < -0.39 is 0 Å². The molecule has 4 heteroatoms. The van der Waals surface area contributed by atoms with Gasteiger partial charge in [-0.15, -0.1) is 0 Å².